The van der Waals surface area contributed by atoms with Crippen LogP contribution < -0.4 is 9.46 Å². The van der Waals surface area contributed by atoms with Gasteiger partial charge >= 0.3 is 0 Å². The maximum absolute atomic E-state index is 12.0. The normalized spacial score (nSPS) is 10.7. The van der Waals surface area contributed by atoms with Crippen LogP contribution in [-0.4, -0.2) is 25.5 Å². The van der Waals surface area contributed by atoms with E-state index in [4.69, 9.17) is 10.00 Å². The lowest BCUT2D eigenvalue weighted by molar-refractivity contribution is 0.398. The van der Waals surface area contributed by atoms with Gasteiger partial charge in [0.1, 0.15) is 10.3 Å². The van der Waals surface area contributed by atoms with E-state index in [9.17, 15) is 8.42 Å². The van der Waals surface area contributed by atoms with Crippen LogP contribution in [0.2, 0.25) is 0 Å². The second-order valence-corrected chi connectivity index (χ2v) is 6.12. The average molecular weight is 296 g/mol. The zero-order chi connectivity index (χ0) is 13.9. The number of rotatable bonds is 4. The van der Waals surface area contributed by atoms with Crippen LogP contribution in [0.3, 0.4) is 0 Å². The third kappa shape index (κ3) is 2.81. The van der Waals surface area contributed by atoms with Gasteiger partial charge in [0.2, 0.25) is 5.82 Å². The molecule has 2 heterocycles. The Hall–Kier alpha value is -2.18. The Labute approximate surface area is 113 Å². The van der Waals surface area contributed by atoms with Crippen molar-refractivity contribution in [3.63, 3.8) is 0 Å². The first-order valence-corrected chi connectivity index (χ1v) is 7.30. The molecule has 2 aromatic heterocycles. The highest BCUT2D eigenvalue weighted by molar-refractivity contribution is 7.94. The number of nitrogens with one attached hydrogen (secondary N) is 1. The number of hydrogen-bond donors (Lipinski definition) is 1. The molecule has 98 valence electrons. The first-order valence-electron chi connectivity index (χ1n) is 4.94. The molecule has 0 aliphatic carbocycles. The number of methoxy groups -OCH3 is 1. The van der Waals surface area contributed by atoms with Crippen molar-refractivity contribution >= 4 is 27.2 Å². The maximum atomic E-state index is 12.0. The molecule has 0 saturated carbocycles. The van der Waals surface area contributed by atoms with E-state index in [2.05, 4.69) is 14.7 Å². The Bertz CT molecular complexity index is 720. The summed E-state index contributed by atoms with van der Waals surface area (Å²) < 4.78 is 31.3. The van der Waals surface area contributed by atoms with Gasteiger partial charge in [-0.3, -0.25) is 4.72 Å². The van der Waals surface area contributed by atoms with Gasteiger partial charge in [0.05, 0.1) is 13.3 Å². The molecule has 0 unspecified atom stereocenters. The third-order valence-corrected chi connectivity index (χ3v) is 4.78. The van der Waals surface area contributed by atoms with Gasteiger partial charge in [0, 0.05) is 0 Å². The second-order valence-electron chi connectivity index (χ2n) is 3.26. The maximum Gasteiger partial charge on any atom is 0.272 e. The first-order chi connectivity index (χ1) is 9.06. The van der Waals surface area contributed by atoms with E-state index in [0.717, 1.165) is 17.5 Å². The highest BCUT2D eigenvalue weighted by atomic mass is 32.2. The number of thiophene rings is 1. The predicted molar refractivity (Wildman–Crippen MR) is 68.4 cm³/mol. The van der Waals surface area contributed by atoms with Gasteiger partial charge in [-0.1, -0.05) is 6.07 Å². The van der Waals surface area contributed by atoms with Crippen LogP contribution in [0.4, 0.5) is 5.82 Å². The molecule has 19 heavy (non-hydrogen) atoms. The van der Waals surface area contributed by atoms with Gasteiger partial charge in [-0.2, -0.15) is 10.2 Å². The molecular formula is C10H8N4O3S2. The summed E-state index contributed by atoms with van der Waals surface area (Å²) in [6, 6.07) is 4.89. The van der Waals surface area contributed by atoms with E-state index in [0.29, 0.717) is 0 Å². The van der Waals surface area contributed by atoms with Crippen molar-refractivity contribution in [3.05, 3.63) is 29.4 Å². The molecule has 2 aromatic rings. The second kappa shape index (κ2) is 5.21. The predicted octanol–water partition coefficient (Wildman–Crippen LogP) is 1.22. The highest BCUT2D eigenvalue weighted by Gasteiger charge is 2.19. The topological polar surface area (TPSA) is 105 Å². The number of nitrogens with zero attached hydrogens (tertiary/aromatic N) is 3. The molecule has 0 radical (unpaired) electrons. The molecule has 0 atom stereocenters. The fraction of sp³-hybridized carbons (Fsp3) is 0.100. The molecule has 0 aromatic carbocycles. The highest BCUT2D eigenvalue weighted by Crippen LogP contribution is 2.24. The number of nitriles is 1. The van der Waals surface area contributed by atoms with Crippen molar-refractivity contribution in [2.45, 2.75) is 4.21 Å². The molecule has 2 rings (SSSR count). The number of sulfonamides is 1. The van der Waals surface area contributed by atoms with Crippen LogP contribution >= 0.6 is 11.3 Å². The Morgan fingerprint density at radius 3 is 2.89 bits per heavy atom. The van der Waals surface area contributed by atoms with Crippen LogP contribution in [0, 0.1) is 11.3 Å². The third-order valence-electron chi connectivity index (χ3n) is 2.04. The quantitative estimate of drug-likeness (QED) is 0.909. The minimum Gasteiger partial charge on any atom is -0.478 e. The zero-order valence-electron chi connectivity index (χ0n) is 9.69. The fourth-order valence-electron chi connectivity index (χ4n) is 1.23. The van der Waals surface area contributed by atoms with Gasteiger partial charge in [-0.05, 0) is 11.4 Å². The van der Waals surface area contributed by atoms with Gasteiger partial charge in [0.15, 0.2) is 5.69 Å². The van der Waals surface area contributed by atoms with Crippen molar-refractivity contribution in [1.82, 2.24) is 9.97 Å². The van der Waals surface area contributed by atoms with E-state index in [-0.39, 0.29) is 21.6 Å². The molecule has 0 amide bonds. The van der Waals surface area contributed by atoms with Crippen molar-refractivity contribution in [1.29, 1.82) is 5.26 Å². The first kappa shape index (κ1) is 13.3. The minimum atomic E-state index is -3.72. The molecule has 0 bridgehead atoms. The summed E-state index contributed by atoms with van der Waals surface area (Å²) >= 11 is 1.08. The molecule has 0 aliphatic rings. The lowest BCUT2D eigenvalue weighted by Crippen LogP contribution is -2.14. The summed E-state index contributed by atoms with van der Waals surface area (Å²) in [7, 11) is -2.41. The molecule has 0 fully saturated rings. The van der Waals surface area contributed by atoms with E-state index in [1.54, 1.807) is 17.5 Å². The summed E-state index contributed by atoms with van der Waals surface area (Å²) in [4.78, 5) is 7.63. The zero-order valence-corrected chi connectivity index (χ0v) is 11.3. The van der Waals surface area contributed by atoms with Gasteiger partial charge < -0.3 is 4.74 Å². The summed E-state index contributed by atoms with van der Waals surface area (Å²) in [6.07, 6.45) is 1.16. The van der Waals surface area contributed by atoms with Crippen molar-refractivity contribution in [2.75, 3.05) is 11.8 Å². The Morgan fingerprint density at radius 1 is 1.53 bits per heavy atom. The molecule has 0 saturated heterocycles. The van der Waals surface area contributed by atoms with Crippen LogP contribution in [0.1, 0.15) is 5.69 Å². The van der Waals surface area contributed by atoms with Crippen LogP contribution in [0.15, 0.2) is 27.9 Å². The molecule has 0 spiro atoms. The molecule has 9 heteroatoms. The molecular weight excluding hydrogens is 288 g/mol. The number of ether oxygens (including phenoxy) is 1. The van der Waals surface area contributed by atoms with Gasteiger partial charge in [0.25, 0.3) is 15.9 Å². The Kier molecular flexibility index (Phi) is 3.64. The summed E-state index contributed by atoms with van der Waals surface area (Å²) in [5.74, 6) is -0.117. The van der Waals surface area contributed by atoms with Gasteiger partial charge in [-0.25, -0.2) is 13.4 Å². The van der Waals surface area contributed by atoms with Crippen molar-refractivity contribution < 1.29 is 13.2 Å². The number of hydrogen-bond acceptors (Lipinski definition) is 7. The number of aromatic nitrogens is 2. The molecule has 1 N–H and O–H groups in total. The minimum absolute atomic E-state index is 0.0379. The van der Waals surface area contributed by atoms with Crippen molar-refractivity contribution in [3.8, 4) is 11.9 Å². The van der Waals surface area contributed by atoms with E-state index in [1.807, 2.05) is 0 Å². The van der Waals surface area contributed by atoms with Crippen molar-refractivity contribution in [2.24, 2.45) is 0 Å². The van der Waals surface area contributed by atoms with Gasteiger partial charge in [-0.15, -0.1) is 11.3 Å². The summed E-state index contributed by atoms with van der Waals surface area (Å²) in [6.45, 7) is 0. The van der Waals surface area contributed by atoms with Crippen LogP contribution in [-0.2, 0) is 10.0 Å². The van der Waals surface area contributed by atoms with E-state index < -0.39 is 10.0 Å². The average Bonchev–Trinajstić information content (AvgIpc) is 2.93. The molecule has 7 nitrogen and oxygen atoms in total. The van der Waals surface area contributed by atoms with Crippen LogP contribution in [0.5, 0.6) is 5.88 Å². The van der Waals surface area contributed by atoms with Crippen LogP contribution in [0.25, 0.3) is 0 Å². The molecule has 0 aliphatic heterocycles. The monoisotopic (exact) mass is 296 g/mol. The Morgan fingerprint density at radius 2 is 2.32 bits per heavy atom. The number of anilines is 1. The SMILES string of the molecule is COc1nc(C#N)cnc1NS(=O)(=O)c1cccs1. The lowest BCUT2D eigenvalue weighted by atomic mass is 10.5. The standard InChI is InChI=1S/C10H8N4O3S2/c1-17-10-9(12-6-7(5-11)13-10)14-19(15,16)8-3-2-4-18-8/h2-4,6H,1H3,(H,12,14). The smallest absolute Gasteiger partial charge is 0.272 e. The lowest BCUT2D eigenvalue weighted by Gasteiger charge is -2.08. The Balaban J connectivity index is 2.37. The summed E-state index contributed by atoms with van der Waals surface area (Å²) in [5, 5.41) is 10.3. The largest absolute Gasteiger partial charge is 0.478 e. The summed E-state index contributed by atoms with van der Waals surface area (Å²) in [5.41, 5.74) is 0.0379. The fourth-order valence-corrected chi connectivity index (χ4v) is 3.23. The van der Waals surface area contributed by atoms with E-state index >= 15 is 0 Å². The van der Waals surface area contributed by atoms with E-state index in [1.165, 1.54) is 13.2 Å².